The summed E-state index contributed by atoms with van der Waals surface area (Å²) in [5.41, 5.74) is 2.74. The van der Waals surface area contributed by atoms with Crippen molar-refractivity contribution >= 4 is 27.5 Å². The van der Waals surface area contributed by atoms with Gasteiger partial charge in [0.2, 0.25) is 0 Å². The summed E-state index contributed by atoms with van der Waals surface area (Å²) in [4.78, 5) is 0. The molecule has 0 heterocycles. The third-order valence-electron chi connectivity index (χ3n) is 3.33. The molecule has 20 heavy (non-hydrogen) atoms. The molecule has 2 aromatic carbocycles. The van der Waals surface area contributed by atoms with Gasteiger partial charge in [-0.05, 0) is 36.1 Å². The van der Waals surface area contributed by atoms with Gasteiger partial charge in [0.1, 0.15) is 5.82 Å². The molecular formula is C17H17BrClF. The van der Waals surface area contributed by atoms with E-state index in [0.717, 1.165) is 16.5 Å². The maximum Gasteiger partial charge on any atom is 0.129 e. The monoisotopic (exact) mass is 354 g/mol. The van der Waals surface area contributed by atoms with Crippen molar-refractivity contribution < 1.29 is 4.39 Å². The molecule has 0 aliphatic carbocycles. The average Bonchev–Trinajstić information content (AvgIpc) is 2.45. The molecule has 2 aromatic rings. The number of unbranched alkanes of at least 4 members (excludes halogenated alkanes) is 1. The Morgan fingerprint density at radius 1 is 1.15 bits per heavy atom. The normalized spacial score (nSPS) is 12.4. The van der Waals surface area contributed by atoms with Crippen molar-refractivity contribution in [2.75, 3.05) is 0 Å². The van der Waals surface area contributed by atoms with Crippen LogP contribution in [0.2, 0.25) is 0 Å². The maximum absolute atomic E-state index is 13.9. The van der Waals surface area contributed by atoms with E-state index in [2.05, 4.69) is 35.0 Å². The van der Waals surface area contributed by atoms with E-state index in [4.69, 9.17) is 11.6 Å². The summed E-state index contributed by atoms with van der Waals surface area (Å²) in [6.07, 6.45) is 3.45. The largest absolute Gasteiger partial charge is 0.207 e. The van der Waals surface area contributed by atoms with E-state index in [-0.39, 0.29) is 5.82 Å². The van der Waals surface area contributed by atoms with Gasteiger partial charge in [0.05, 0.1) is 5.38 Å². The average molecular weight is 356 g/mol. The topological polar surface area (TPSA) is 0 Å². The molecule has 0 spiro atoms. The van der Waals surface area contributed by atoms with Gasteiger partial charge in [-0.25, -0.2) is 4.39 Å². The van der Waals surface area contributed by atoms with Gasteiger partial charge in [0, 0.05) is 10.0 Å². The number of aryl methyl sites for hydroxylation is 1. The van der Waals surface area contributed by atoms with Crippen LogP contribution in [-0.2, 0) is 6.42 Å². The second-order valence-electron chi connectivity index (χ2n) is 4.87. The van der Waals surface area contributed by atoms with E-state index in [9.17, 15) is 4.39 Å². The zero-order chi connectivity index (χ0) is 14.5. The third-order valence-corrected chi connectivity index (χ3v) is 4.31. The van der Waals surface area contributed by atoms with Crippen molar-refractivity contribution in [1.82, 2.24) is 0 Å². The molecule has 0 bridgehead atoms. The Morgan fingerprint density at radius 2 is 1.85 bits per heavy atom. The van der Waals surface area contributed by atoms with Crippen molar-refractivity contribution in [3.8, 4) is 0 Å². The Kier molecular flexibility index (Phi) is 5.62. The van der Waals surface area contributed by atoms with Gasteiger partial charge < -0.3 is 0 Å². The van der Waals surface area contributed by atoms with Gasteiger partial charge >= 0.3 is 0 Å². The van der Waals surface area contributed by atoms with Gasteiger partial charge in [-0.3, -0.25) is 0 Å². The summed E-state index contributed by atoms with van der Waals surface area (Å²) in [5, 5.41) is -0.455. The fourth-order valence-electron chi connectivity index (χ4n) is 2.12. The summed E-state index contributed by atoms with van der Waals surface area (Å²) in [6, 6.07) is 13.1. The number of hydrogen-bond donors (Lipinski definition) is 0. The predicted octanol–water partition coefficient (Wildman–Crippen LogP) is 6.26. The van der Waals surface area contributed by atoms with Crippen LogP contribution in [0.3, 0.4) is 0 Å². The number of benzene rings is 2. The summed E-state index contributed by atoms with van der Waals surface area (Å²) in [5.74, 6) is -0.283. The lowest BCUT2D eigenvalue weighted by atomic mass is 10.0. The van der Waals surface area contributed by atoms with E-state index in [0.29, 0.717) is 5.56 Å². The van der Waals surface area contributed by atoms with E-state index in [1.54, 1.807) is 6.07 Å². The van der Waals surface area contributed by atoms with Crippen LogP contribution in [0.4, 0.5) is 4.39 Å². The highest BCUT2D eigenvalue weighted by atomic mass is 79.9. The Morgan fingerprint density at radius 3 is 2.45 bits per heavy atom. The van der Waals surface area contributed by atoms with Crippen LogP contribution < -0.4 is 0 Å². The molecule has 0 saturated heterocycles. The van der Waals surface area contributed by atoms with Crippen molar-refractivity contribution in [1.29, 1.82) is 0 Å². The molecule has 2 rings (SSSR count). The quantitative estimate of drug-likeness (QED) is 0.555. The van der Waals surface area contributed by atoms with E-state index in [1.165, 1.54) is 24.5 Å². The van der Waals surface area contributed by atoms with Crippen LogP contribution in [0.15, 0.2) is 46.9 Å². The van der Waals surface area contributed by atoms with Gasteiger partial charge in [0.15, 0.2) is 0 Å². The highest BCUT2D eigenvalue weighted by Gasteiger charge is 2.15. The minimum Gasteiger partial charge on any atom is -0.207 e. The Hall–Kier alpha value is -0.860. The first-order chi connectivity index (χ1) is 9.61. The maximum atomic E-state index is 13.9. The second-order valence-corrected chi connectivity index (χ2v) is 6.23. The van der Waals surface area contributed by atoms with Gasteiger partial charge in [-0.15, -0.1) is 11.6 Å². The molecule has 1 atom stereocenters. The second kappa shape index (κ2) is 7.24. The van der Waals surface area contributed by atoms with Crippen molar-refractivity contribution in [2.45, 2.75) is 31.6 Å². The molecule has 0 amide bonds. The predicted molar refractivity (Wildman–Crippen MR) is 86.9 cm³/mol. The van der Waals surface area contributed by atoms with E-state index >= 15 is 0 Å². The van der Waals surface area contributed by atoms with Crippen molar-refractivity contribution in [3.63, 3.8) is 0 Å². The SMILES string of the molecule is CCCCc1ccc(C(Cl)c2ccc(Br)cc2F)cc1. The van der Waals surface area contributed by atoms with Gasteiger partial charge in [-0.2, -0.15) is 0 Å². The smallest absolute Gasteiger partial charge is 0.129 e. The Balaban J connectivity index is 2.18. The minimum absolute atomic E-state index is 0.283. The molecule has 0 nitrogen and oxygen atoms in total. The molecule has 0 aliphatic heterocycles. The lowest BCUT2D eigenvalue weighted by molar-refractivity contribution is 0.611. The molecule has 106 valence electrons. The number of hydrogen-bond acceptors (Lipinski definition) is 0. The first kappa shape index (κ1) is 15.5. The van der Waals surface area contributed by atoms with Crippen LogP contribution in [0.25, 0.3) is 0 Å². The van der Waals surface area contributed by atoms with E-state index < -0.39 is 5.38 Å². The van der Waals surface area contributed by atoms with Crippen molar-refractivity contribution in [3.05, 3.63) is 69.4 Å². The van der Waals surface area contributed by atoms with Gasteiger partial charge in [0.25, 0.3) is 0 Å². The molecule has 0 radical (unpaired) electrons. The highest BCUT2D eigenvalue weighted by Crippen LogP contribution is 2.32. The summed E-state index contributed by atoms with van der Waals surface area (Å²) >= 11 is 9.64. The lowest BCUT2D eigenvalue weighted by Gasteiger charge is -2.12. The summed E-state index contributed by atoms with van der Waals surface area (Å²) in [6.45, 7) is 2.18. The molecule has 0 fully saturated rings. The molecule has 0 aromatic heterocycles. The zero-order valence-electron chi connectivity index (χ0n) is 11.4. The Bertz CT molecular complexity index is 566. The number of halogens is 3. The Labute approximate surface area is 133 Å². The molecule has 0 aliphatic rings. The first-order valence-corrected chi connectivity index (χ1v) is 8.02. The molecule has 0 saturated carbocycles. The fraction of sp³-hybridized carbons (Fsp3) is 0.294. The molecule has 1 unspecified atom stereocenters. The van der Waals surface area contributed by atoms with E-state index in [1.807, 2.05) is 18.2 Å². The minimum atomic E-state index is -0.455. The highest BCUT2D eigenvalue weighted by molar-refractivity contribution is 9.10. The zero-order valence-corrected chi connectivity index (χ0v) is 13.7. The first-order valence-electron chi connectivity index (χ1n) is 6.79. The van der Waals surface area contributed by atoms with Crippen LogP contribution in [-0.4, -0.2) is 0 Å². The lowest BCUT2D eigenvalue weighted by Crippen LogP contribution is -1.97. The number of alkyl halides is 1. The third kappa shape index (κ3) is 3.83. The fourth-order valence-corrected chi connectivity index (χ4v) is 2.78. The van der Waals surface area contributed by atoms with Crippen LogP contribution in [0.5, 0.6) is 0 Å². The number of rotatable bonds is 5. The van der Waals surface area contributed by atoms with Crippen LogP contribution in [0, 0.1) is 5.82 Å². The summed E-state index contributed by atoms with van der Waals surface area (Å²) < 4.78 is 14.6. The van der Waals surface area contributed by atoms with Gasteiger partial charge in [-0.1, -0.05) is 59.6 Å². The molecule has 0 N–H and O–H groups in total. The standard InChI is InChI=1S/C17H17BrClF/c1-2-3-4-12-5-7-13(8-6-12)17(19)15-10-9-14(18)11-16(15)20/h5-11,17H,2-4H2,1H3. The van der Waals surface area contributed by atoms with Crippen LogP contribution in [0.1, 0.15) is 41.8 Å². The molecule has 3 heteroatoms. The van der Waals surface area contributed by atoms with Crippen LogP contribution >= 0.6 is 27.5 Å². The summed E-state index contributed by atoms with van der Waals surface area (Å²) in [7, 11) is 0. The molecular weight excluding hydrogens is 339 g/mol. The van der Waals surface area contributed by atoms with Crippen molar-refractivity contribution in [2.24, 2.45) is 0 Å².